The smallest absolute Gasteiger partial charge is 0.124 e. The Bertz CT molecular complexity index is 345. The van der Waals surface area contributed by atoms with E-state index in [4.69, 9.17) is 15.2 Å². The summed E-state index contributed by atoms with van der Waals surface area (Å²) in [4.78, 5) is 0. The summed E-state index contributed by atoms with van der Waals surface area (Å²) in [6, 6.07) is 5.34. The van der Waals surface area contributed by atoms with E-state index in [2.05, 4.69) is 5.32 Å². The van der Waals surface area contributed by atoms with Crippen molar-refractivity contribution in [2.75, 3.05) is 33.9 Å². The Morgan fingerprint density at radius 2 is 2.12 bits per heavy atom. The molecule has 1 atom stereocenters. The number of nitrogens with two attached hydrogens (primary N) is 1. The largest absolute Gasteiger partial charge is 0.497 e. The predicted octanol–water partition coefficient (Wildman–Crippen LogP) is 0.286. The first-order valence-electron chi connectivity index (χ1n) is 5.53. The molecule has 0 bridgehead atoms. The first-order chi connectivity index (χ1) is 8.22. The van der Waals surface area contributed by atoms with Crippen LogP contribution in [0.3, 0.4) is 0 Å². The van der Waals surface area contributed by atoms with Crippen LogP contribution in [0.4, 0.5) is 0 Å². The van der Waals surface area contributed by atoms with Gasteiger partial charge in [-0.15, -0.1) is 0 Å². The fourth-order valence-corrected chi connectivity index (χ4v) is 1.55. The molecule has 0 amide bonds. The van der Waals surface area contributed by atoms with E-state index in [1.807, 2.05) is 0 Å². The van der Waals surface area contributed by atoms with E-state index in [-0.39, 0.29) is 0 Å². The Morgan fingerprint density at radius 3 is 2.71 bits per heavy atom. The van der Waals surface area contributed by atoms with E-state index in [0.29, 0.717) is 36.7 Å². The quantitative estimate of drug-likeness (QED) is 0.597. The van der Waals surface area contributed by atoms with Crippen molar-refractivity contribution in [1.82, 2.24) is 5.32 Å². The van der Waals surface area contributed by atoms with Crippen molar-refractivity contribution in [3.05, 3.63) is 23.8 Å². The third kappa shape index (κ3) is 3.89. The third-order valence-corrected chi connectivity index (χ3v) is 2.45. The number of benzene rings is 1. The summed E-state index contributed by atoms with van der Waals surface area (Å²) >= 11 is 0. The molecule has 5 heteroatoms. The molecule has 0 heterocycles. The topological polar surface area (TPSA) is 76.7 Å². The third-order valence-electron chi connectivity index (χ3n) is 2.45. The molecule has 17 heavy (non-hydrogen) atoms. The van der Waals surface area contributed by atoms with Gasteiger partial charge in [-0.2, -0.15) is 0 Å². The SMILES string of the molecule is COc1ccc(OC)c(C(O)CNCCN)c1. The minimum Gasteiger partial charge on any atom is -0.497 e. The number of nitrogens with one attached hydrogen (secondary N) is 1. The van der Waals surface area contributed by atoms with Crippen molar-refractivity contribution in [2.24, 2.45) is 5.73 Å². The van der Waals surface area contributed by atoms with Gasteiger partial charge in [-0.3, -0.25) is 0 Å². The monoisotopic (exact) mass is 240 g/mol. The molecular formula is C12H20N2O3. The van der Waals surface area contributed by atoms with Crippen LogP contribution in [0.25, 0.3) is 0 Å². The highest BCUT2D eigenvalue weighted by Crippen LogP contribution is 2.28. The number of hydrogen-bond acceptors (Lipinski definition) is 5. The number of methoxy groups -OCH3 is 2. The van der Waals surface area contributed by atoms with Gasteiger partial charge in [-0.25, -0.2) is 0 Å². The lowest BCUT2D eigenvalue weighted by atomic mass is 10.1. The Labute approximate surface area is 102 Å². The van der Waals surface area contributed by atoms with Crippen molar-refractivity contribution in [1.29, 1.82) is 0 Å². The van der Waals surface area contributed by atoms with Gasteiger partial charge in [0.25, 0.3) is 0 Å². The summed E-state index contributed by atoms with van der Waals surface area (Å²) in [6.07, 6.45) is -0.647. The molecule has 1 unspecified atom stereocenters. The zero-order valence-electron chi connectivity index (χ0n) is 10.3. The molecule has 0 aliphatic carbocycles. The van der Waals surface area contributed by atoms with E-state index in [1.165, 1.54) is 0 Å². The minimum atomic E-state index is -0.647. The van der Waals surface area contributed by atoms with Crippen LogP contribution in [0, 0.1) is 0 Å². The fourth-order valence-electron chi connectivity index (χ4n) is 1.55. The fraction of sp³-hybridized carbons (Fsp3) is 0.500. The summed E-state index contributed by atoms with van der Waals surface area (Å²) in [5.74, 6) is 1.34. The number of aliphatic hydroxyl groups excluding tert-OH is 1. The highest BCUT2D eigenvalue weighted by molar-refractivity contribution is 5.41. The second-order valence-corrected chi connectivity index (χ2v) is 3.62. The van der Waals surface area contributed by atoms with Gasteiger partial charge in [-0.05, 0) is 18.2 Å². The second kappa shape index (κ2) is 7.11. The number of hydrogen-bond donors (Lipinski definition) is 3. The van der Waals surface area contributed by atoms with Crippen LogP contribution >= 0.6 is 0 Å². The van der Waals surface area contributed by atoms with Crippen molar-refractivity contribution < 1.29 is 14.6 Å². The zero-order chi connectivity index (χ0) is 12.7. The number of aliphatic hydroxyl groups is 1. The maximum Gasteiger partial charge on any atom is 0.124 e. The summed E-state index contributed by atoms with van der Waals surface area (Å²) in [7, 11) is 3.16. The van der Waals surface area contributed by atoms with Gasteiger partial charge in [0.2, 0.25) is 0 Å². The second-order valence-electron chi connectivity index (χ2n) is 3.62. The van der Waals surface area contributed by atoms with Gasteiger partial charge in [0, 0.05) is 25.2 Å². The molecule has 0 saturated carbocycles. The molecular weight excluding hydrogens is 220 g/mol. The molecule has 1 rings (SSSR count). The van der Waals surface area contributed by atoms with Crippen molar-refractivity contribution in [3.63, 3.8) is 0 Å². The van der Waals surface area contributed by atoms with Crippen LogP contribution in [0.15, 0.2) is 18.2 Å². The maximum atomic E-state index is 10.0. The van der Waals surface area contributed by atoms with Crippen LogP contribution in [-0.2, 0) is 0 Å². The molecule has 1 aromatic carbocycles. The minimum absolute atomic E-state index is 0.431. The van der Waals surface area contributed by atoms with E-state index in [1.54, 1.807) is 32.4 Å². The van der Waals surface area contributed by atoms with Crippen LogP contribution in [0.5, 0.6) is 11.5 Å². The lowest BCUT2D eigenvalue weighted by Gasteiger charge is -2.16. The maximum absolute atomic E-state index is 10.0. The molecule has 96 valence electrons. The Morgan fingerprint density at radius 1 is 1.35 bits per heavy atom. The van der Waals surface area contributed by atoms with E-state index >= 15 is 0 Å². The summed E-state index contributed by atoms with van der Waals surface area (Å²) in [5, 5.41) is 13.1. The van der Waals surface area contributed by atoms with Crippen LogP contribution < -0.4 is 20.5 Å². The predicted molar refractivity (Wildman–Crippen MR) is 66.4 cm³/mol. The normalized spacial score (nSPS) is 12.2. The van der Waals surface area contributed by atoms with Crippen LogP contribution in [0.1, 0.15) is 11.7 Å². The van der Waals surface area contributed by atoms with Gasteiger partial charge >= 0.3 is 0 Å². The van der Waals surface area contributed by atoms with Crippen LogP contribution in [0.2, 0.25) is 0 Å². The molecule has 5 nitrogen and oxygen atoms in total. The average molecular weight is 240 g/mol. The van der Waals surface area contributed by atoms with Crippen molar-refractivity contribution in [2.45, 2.75) is 6.10 Å². The molecule has 0 saturated heterocycles. The summed E-state index contributed by atoms with van der Waals surface area (Å²) in [5.41, 5.74) is 6.07. The first-order valence-corrected chi connectivity index (χ1v) is 5.53. The van der Waals surface area contributed by atoms with E-state index in [9.17, 15) is 5.11 Å². The van der Waals surface area contributed by atoms with Gasteiger partial charge in [-0.1, -0.05) is 0 Å². The van der Waals surface area contributed by atoms with Gasteiger partial charge < -0.3 is 25.6 Å². The first kappa shape index (κ1) is 13.8. The number of ether oxygens (including phenoxy) is 2. The van der Waals surface area contributed by atoms with Gasteiger partial charge in [0.05, 0.1) is 20.3 Å². The zero-order valence-corrected chi connectivity index (χ0v) is 10.3. The molecule has 1 aromatic rings. The van der Waals surface area contributed by atoms with Gasteiger partial charge in [0.15, 0.2) is 0 Å². The van der Waals surface area contributed by atoms with Crippen molar-refractivity contribution >= 4 is 0 Å². The number of rotatable bonds is 7. The molecule has 0 radical (unpaired) electrons. The van der Waals surface area contributed by atoms with Gasteiger partial charge in [0.1, 0.15) is 11.5 Å². The highest BCUT2D eigenvalue weighted by Gasteiger charge is 2.13. The summed E-state index contributed by atoms with van der Waals surface area (Å²) in [6.45, 7) is 1.64. The Hall–Kier alpha value is -1.30. The molecule has 0 aromatic heterocycles. The van der Waals surface area contributed by atoms with E-state index < -0.39 is 6.10 Å². The Balaban J connectivity index is 2.78. The Kier molecular flexibility index (Phi) is 5.76. The summed E-state index contributed by atoms with van der Waals surface area (Å²) < 4.78 is 10.3. The standard InChI is InChI=1S/C12H20N2O3/c1-16-9-3-4-12(17-2)10(7-9)11(15)8-14-6-5-13/h3-4,7,11,14-15H,5-6,8,13H2,1-2H3. The molecule has 0 aliphatic rings. The molecule has 0 spiro atoms. The van der Waals surface area contributed by atoms with Crippen LogP contribution in [-0.4, -0.2) is 39.0 Å². The molecule has 4 N–H and O–H groups in total. The lowest BCUT2D eigenvalue weighted by Crippen LogP contribution is -2.27. The van der Waals surface area contributed by atoms with E-state index in [0.717, 1.165) is 0 Å². The van der Waals surface area contributed by atoms with Crippen molar-refractivity contribution in [3.8, 4) is 11.5 Å². The highest BCUT2D eigenvalue weighted by atomic mass is 16.5. The average Bonchev–Trinajstić information content (AvgIpc) is 2.38. The molecule has 0 aliphatic heterocycles. The lowest BCUT2D eigenvalue weighted by molar-refractivity contribution is 0.170. The molecule has 0 fully saturated rings.